The summed E-state index contributed by atoms with van der Waals surface area (Å²) in [6.07, 6.45) is 5.56. The van der Waals surface area contributed by atoms with Gasteiger partial charge < -0.3 is 15.4 Å². The fraction of sp³-hybridized carbons (Fsp3) is 0.545. The van der Waals surface area contributed by atoms with Crippen LogP contribution in [0.2, 0.25) is 0 Å². The molecule has 254 valence electrons. The number of ether oxygens (including phenoxy) is 1. The fourth-order valence-corrected chi connectivity index (χ4v) is 7.12. The highest BCUT2D eigenvalue weighted by Crippen LogP contribution is 2.36. The number of fused-ring (bicyclic) bond motifs is 4. The van der Waals surface area contributed by atoms with Crippen molar-refractivity contribution in [3.05, 3.63) is 47.7 Å². The van der Waals surface area contributed by atoms with E-state index in [4.69, 9.17) is 9.72 Å². The lowest BCUT2D eigenvalue weighted by Crippen LogP contribution is -2.61. The van der Waals surface area contributed by atoms with E-state index in [1.165, 1.54) is 9.31 Å². The van der Waals surface area contributed by atoms with Gasteiger partial charge in [0.25, 0.3) is 5.91 Å². The average Bonchev–Trinajstić information content (AvgIpc) is 3.04. The molecule has 5 bridgehead atoms. The molecule has 13 nitrogen and oxygen atoms in total. The zero-order valence-electron chi connectivity index (χ0n) is 27.5. The molecule has 2 fully saturated rings. The van der Waals surface area contributed by atoms with Gasteiger partial charge in [-0.25, -0.2) is 23.1 Å². The van der Waals surface area contributed by atoms with Crippen LogP contribution in [0.25, 0.3) is 17.0 Å². The minimum atomic E-state index is -3.46. The Hall–Kier alpha value is -3.88. The Morgan fingerprint density at radius 3 is 2.38 bits per heavy atom. The third-order valence-corrected chi connectivity index (χ3v) is 10.6. The summed E-state index contributed by atoms with van der Waals surface area (Å²) in [6, 6.07) is 6.72. The second-order valence-corrected chi connectivity index (χ2v) is 15.1. The quantitative estimate of drug-likeness (QED) is 0.406. The first kappa shape index (κ1) is 34.5. The fourth-order valence-electron chi connectivity index (χ4n) is 6.27. The van der Waals surface area contributed by atoms with Crippen molar-refractivity contribution in [1.82, 2.24) is 30.4 Å². The number of rotatable bonds is 2. The van der Waals surface area contributed by atoms with Gasteiger partial charge in [-0.3, -0.25) is 24.2 Å². The molecular formula is C33H44N6O7S. The molecule has 0 saturated carbocycles. The summed E-state index contributed by atoms with van der Waals surface area (Å²) in [5.41, 5.74) is 3.86. The number of hydrogen-bond acceptors (Lipinski definition) is 9. The molecule has 3 N–H and O–H groups in total. The van der Waals surface area contributed by atoms with Crippen LogP contribution in [0.5, 0.6) is 0 Å². The Morgan fingerprint density at radius 1 is 1.00 bits per heavy atom. The number of esters is 1. The van der Waals surface area contributed by atoms with Gasteiger partial charge in [-0.05, 0) is 63.1 Å². The monoisotopic (exact) mass is 668 g/mol. The van der Waals surface area contributed by atoms with Crippen molar-refractivity contribution < 1.29 is 32.3 Å². The van der Waals surface area contributed by atoms with Gasteiger partial charge in [0.05, 0.1) is 22.9 Å². The number of sulfonamides is 1. The van der Waals surface area contributed by atoms with Crippen LogP contribution < -0.4 is 16.1 Å². The normalized spacial score (nSPS) is 27.4. The van der Waals surface area contributed by atoms with E-state index in [2.05, 4.69) is 16.1 Å². The van der Waals surface area contributed by atoms with E-state index in [-0.39, 0.29) is 31.8 Å². The van der Waals surface area contributed by atoms with Crippen molar-refractivity contribution in [1.29, 1.82) is 0 Å². The molecule has 0 radical (unpaired) electrons. The molecule has 5 rings (SSSR count). The van der Waals surface area contributed by atoms with Crippen LogP contribution in [0.1, 0.15) is 70.7 Å². The maximum absolute atomic E-state index is 14.1. The number of amides is 3. The SMILES string of the molecule is CC(C)[C@@H]1NC(=O)C2(/C=C/c3ccc4ccc(nc4c3)[C@@H](C)OC(=O)[C@@H]3CCCN(N3)C(=O)[C@H](C)NC1=O)CCN(S(C)(=O)=O)CC2. The molecule has 4 atom stereocenters. The average molecular weight is 669 g/mol. The molecule has 14 heteroatoms. The maximum atomic E-state index is 14.1. The Balaban J connectivity index is 1.54. The van der Waals surface area contributed by atoms with Crippen LogP contribution in [0.4, 0.5) is 0 Å². The summed E-state index contributed by atoms with van der Waals surface area (Å²) in [4.78, 5) is 59.0. The van der Waals surface area contributed by atoms with Crippen molar-refractivity contribution in [2.24, 2.45) is 11.3 Å². The number of hydrazine groups is 1. The summed E-state index contributed by atoms with van der Waals surface area (Å²) in [5.74, 6) is -2.18. The Labute approximate surface area is 275 Å². The number of carbonyl (C=O) groups excluding carboxylic acids is 4. The zero-order valence-corrected chi connectivity index (χ0v) is 28.3. The van der Waals surface area contributed by atoms with Gasteiger partial charge in [0.1, 0.15) is 24.2 Å². The topological polar surface area (TPSA) is 167 Å². The first-order chi connectivity index (χ1) is 22.2. The zero-order chi connectivity index (χ0) is 34.1. The molecule has 3 aliphatic rings. The number of piperidine rings is 1. The summed E-state index contributed by atoms with van der Waals surface area (Å²) in [7, 11) is -3.46. The van der Waals surface area contributed by atoms with Gasteiger partial charge in [0, 0.05) is 25.0 Å². The predicted octanol–water partition coefficient (Wildman–Crippen LogP) is 2.05. The van der Waals surface area contributed by atoms with Gasteiger partial charge in [-0.1, -0.05) is 44.2 Å². The third kappa shape index (κ3) is 7.65. The highest BCUT2D eigenvalue weighted by molar-refractivity contribution is 7.88. The van der Waals surface area contributed by atoms with Gasteiger partial charge in [-0.15, -0.1) is 0 Å². The smallest absolute Gasteiger partial charge is 0.325 e. The summed E-state index contributed by atoms with van der Waals surface area (Å²) >= 11 is 0. The van der Waals surface area contributed by atoms with Crippen LogP contribution in [-0.2, 0) is 33.9 Å². The van der Waals surface area contributed by atoms with Crippen molar-refractivity contribution in [3.8, 4) is 0 Å². The number of benzene rings is 1. The van der Waals surface area contributed by atoms with Gasteiger partial charge >= 0.3 is 5.97 Å². The number of aromatic nitrogens is 1. The molecule has 1 aromatic heterocycles. The third-order valence-electron chi connectivity index (χ3n) is 9.28. The van der Waals surface area contributed by atoms with Gasteiger partial charge in [0.15, 0.2) is 0 Å². The maximum Gasteiger partial charge on any atom is 0.325 e. The highest BCUT2D eigenvalue weighted by atomic mass is 32.2. The largest absolute Gasteiger partial charge is 0.455 e. The lowest BCUT2D eigenvalue weighted by atomic mass is 9.77. The van der Waals surface area contributed by atoms with E-state index in [9.17, 15) is 27.6 Å². The Kier molecular flexibility index (Phi) is 10.0. The molecule has 4 heterocycles. The number of cyclic esters (lactones) is 1. The molecular weight excluding hydrogens is 624 g/mol. The van der Waals surface area contributed by atoms with Crippen molar-refractivity contribution in [2.75, 3.05) is 25.9 Å². The molecule has 2 aromatic rings. The van der Waals surface area contributed by atoms with Crippen LogP contribution in [0, 0.1) is 11.3 Å². The van der Waals surface area contributed by atoms with E-state index in [0.717, 1.165) is 17.2 Å². The molecule has 47 heavy (non-hydrogen) atoms. The highest BCUT2D eigenvalue weighted by Gasteiger charge is 2.43. The van der Waals surface area contributed by atoms with Crippen LogP contribution >= 0.6 is 0 Å². The van der Waals surface area contributed by atoms with Gasteiger partial charge in [-0.2, -0.15) is 0 Å². The number of nitrogens with one attached hydrogen (secondary N) is 3. The Morgan fingerprint density at radius 2 is 1.70 bits per heavy atom. The molecule has 0 unspecified atom stereocenters. The van der Waals surface area contributed by atoms with Crippen molar-refractivity contribution in [2.45, 2.75) is 77.6 Å². The Bertz CT molecular complexity index is 1690. The van der Waals surface area contributed by atoms with Crippen LogP contribution in [-0.4, -0.2) is 90.4 Å². The van der Waals surface area contributed by atoms with E-state index >= 15 is 0 Å². The standard InChI is InChI=1S/C33H44N6O7S/c1-20(2)28-29(40)34-21(3)30(41)39-16-6-7-26(37-39)31(42)46-22(4)25-11-10-24-9-8-23(19-27(24)35-25)12-13-33(32(43)36-28)14-17-38(18-15-33)47(5,44)45/h8-13,19-22,26,28,37H,6-7,14-18H2,1-5H3,(H,34,40)(H,36,43)/b13-12+/t21-,22+,26-,28-/m0/s1. The second kappa shape index (κ2) is 13.7. The lowest BCUT2D eigenvalue weighted by Gasteiger charge is -2.39. The molecule has 3 amide bonds. The number of pyridine rings is 1. The van der Waals surface area contributed by atoms with Crippen LogP contribution in [0.15, 0.2) is 36.4 Å². The van der Waals surface area contributed by atoms with E-state index < -0.39 is 63.4 Å². The van der Waals surface area contributed by atoms with E-state index in [0.29, 0.717) is 30.6 Å². The molecule has 2 saturated heterocycles. The van der Waals surface area contributed by atoms with Crippen molar-refractivity contribution >= 4 is 50.7 Å². The predicted molar refractivity (Wildman–Crippen MR) is 176 cm³/mol. The van der Waals surface area contributed by atoms with Crippen molar-refractivity contribution in [3.63, 3.8) is 0 Å². The summed E-state index contributed by atoms with van der Waals surface area (Å²) in [6.45, 7) is 7.52. The number of nitrogens with zero attached hydrogens (tertiary/aromatic N) is 3. The first-order valence-electron chi connectivity index (χ1n) is 16.1. The van der Waals surface area contributed by atoms with Crippen LogP contribution in [0.3, 0.4) is 0 Å². The van der Waals surface area contributed by atoms with E-state index in [1.54, 1.807) is 39.8 Å². The molecule has 0 aliphatic carbocycles. The lowest BCUT2D eigenvalue weighted by molar-refractivity contribution is -0.157. The minimum Gasteiger partial charge on any atom is -0.455 e. The molecule has 3 aliphatic heterocycles. The van der Waals surface area contributed by atoms with Gasteiger partial charge in [0.2, 0.25) is 21.8 Å². The first-order valence-corrected chi connectivity index (χ1v) is 18.0. The molecule has 1 aromatic carbocycles. The number of carbonyl (C=O) groups is 4. The minimum absolute atomic E-state index is 0.143. The summed E-state index contributed by atoms with van der Waals surface area (Å²) < 4.78 is 31.7. The summed E-state index contributed by atoms with van der Waals surface area (Å²) in [5, 5.41) is 7.88. The molecule has 1 spiro atoms. The number of hydrogen-bond donors (Lipinski definition) is 3. The second-order valence-electron chi connectivity index (χ2n) is 13.2. The van der Waals surface area contributed by atoms with E-state index in [1.807, 2.05) is 30.3 Å².